The molecule has 2 aromatic heterocycles. The first-order chi connectivity index (χ1) is 11.5. The number of likely N-dealkylation sites (N-methyl/N-ethyl adjacent to an activating group) is 1. The van der Waals surface area contributed by atoms with Crippen LogP contribution < -0.4 is 5.32 Å². The summed E-state index contributed by atoms with van der Waals surface area (Å²) in [6.45, 7) is 2.58. The molecular formula is C18H18ClN3OS. The third kappa shape index (κ3) is 3.75. The minimum Gasteiger partial charge on any atom is -0.324 e. The molecule has 1 N–H and O–H groups in total. The second-order valence-corrected chi connectivity index (χ2v) is 7.46. The Hall–Kier alpha value is -1.95. The van der Waals surface area contributed by atoms with Crippen molar-refractivity contribution in [2.75, 3.05) is 12.4 Å². The number of anilines is 1. The van der Waals surface area contributed by atoms with Crippen LogP contribution in [0, 0.1) is 0 Å². The first-order valence-corrected chi connectivity index (χ1v) is 8.83. The number of rotatable bonds is 5. The molecule has 3 rings (SSSR count). The second kappa shape index (κ2) is 7.30. The van der Waals surface area contributed by atoms with Gasteiger partial charge < -0.3 is 5.32 Å². The van der Waals surface area contributed by atoms with Crippen LogP contribution in [-0.4, -0.2) is 28.9 Å². The third-order valence-corrected chi connectivity index (χ3v) is 5.19. The van der Waals surface area contributed by atoms with Gasteiger partial charge in [-0.05, 0) is 50.4 Å². The number of halogens is 1. The van der Waals surface area contributed by atoms with E-state index in [0.29, 0.717) is 6.54 Å². The van der Waals surface area contributed by atoms with Gasteiger partial charge in [0.2, 0.25) is 5.91 Å². The Morgan fingerprint density at radius 3 is 2.88 bits per heavy atom. The van der Waals surface area contributed by atoms with Gasteiger partial charge >= 0.3 is 0 Å². The average Bonchev–Trinajstić information content (AvgIpc) is 2.99. The Morgan fingerprint density at radius 1 is 1.29 bits per heavy atom. The van der Waals surface area contributed by atoms with Crippen molar-refractivity contribution in [2.45, 2.75) is 19.5 Å². The Morgan fingerprint density at radius 2 is 2.12 bits per heavy atom. The van der Waals surface area contributed by atoms with E-state index in [1.165, 1.54) is 11.3 Å². The fraction of sp³-hybridized carbons (Fsp3) is 0.222. The van der Waals surface area contributed by atoms with Gasteiger partial charge in [0.25, 0.3) is 0 Å². The first kappa shape index (κ1) is 16.9. The Bertz CT molecular complexity index is 859. The van der Waals surface area contributed by atoms with E-state index in [9.17, 15) is 4.79 Å². The molecule has 0 saturated carbocycles. The van der Waals surface area contributed by atoms with Gasteiger partial charge in [0.15, 0.2) is 0 Å². The van der Waals surface area contributed by atoms with Crippen LogP contribution >= 0.6 is 22.9 Å². The van der Waals surface area contributed by atoms with Gasteiger partial charge in [0.1, 0.15) is 0 Å². The van der Waals surface area contributed by atoms with E-state index < -0.39 is 0 Å². The third-order valence-electron chi connectivity index (χ3n) is 3.98. The number of carbonyl (C=O) groups excluding carboxylic acids is 1. The lowest BCUT2D eigenvalue weighted by Gasteiger charge is -2.23. The molecule has 1 atom stereocenters. The van der Waals surface area contributed by atoms with Crippen molar-refractivity contribution in [1.82, 2.24) is 9.88 Å². The highest BCUT2D eigenvalue weighted by Crippen LogP contribution is 2.24. The predicted molar refractivity (Wildman–Crippen MR) is 101 cm³/mol. The van der Waals surface area contributed by atoms with Gasteiger partial charge in [0, 0.05) is 23.0 Å². The van der Waals surface area contributed by atoms with E-state index in [-0.39, 0.29) is 11.9 Å². The highest BCUT2D eigenvalue weighted by atomic mass is 35.5. The van der Waals surface area contributed by atoms with Gasteiger partial charge in [0.05, 0.1) is 21.6 Å². The molecule has 0 radical (unpaired) electrons. The van der Waals surface area contributed by atoms with E-state index in [1.807, 2.05) is 61.3 Å². The number of hydrogen-bond donors (Lipinski definition) is 1. The minimum absolute atomic E-state index is 0.0449. The lowest BCUT2D eigenvalue weighted by atomic mass is 10.1. The monoisotopic (exact) mass is 359 g/mol. The molecule has 1 aromatic carbocycles. The fourth-order valence-electron chi connectivity index (χ4n) is 2.47. The predicted octanol–water partition coefficient (Wildman–Crippen LogP) is 4.41. The first-order valence-electron chi connectivity index (χ1n) is 7.63. The van der Waals surface area contributed by atoms with Crippen LogP contribution in [0.1, 0.15) is 11.8 Å². The van der Waals surface area contributed by atoms with Crippen LogP contribution in [0.3, 0.4) is 0 Å². The normalized spacial score (nSPS) is 12.5. The van der Waals surface area contributed by atoms with Crippen molar-refractivity contribution < 1.29 is 4.79 Å². The number of benzene rings is 1. The summed E-state index contributed by atoms with van der Waals surface area (Å²) >= 11 is 7.50. The largest absolute Gasteiger partial charge is 0.324 e. The Kier molecular flexibility index (Phi) is 5.14. The fourth-order valence-corrected chi connectivity index (χ4v) is 3.62. The van der Waals surface area contributed by atoms with Crippen LogP contribution in [0.15, 0.2) is 48.7 Å². The van der Waals surface area contributed by atoms with Gasteiger partial charge in [-0.15, -0.1) is 11.3 Å². The number of fused-ring (bicyclic) bond motifs is 1. The molecule has 0 fully saturated rings. The van der Waals surface area contributed by atoms with E-state index in [1.54, 1.807) is 6.20 Å². The van der Waals surface area contributed by atoms with Crippen molar-refractivity contribution in [1.29, 1.82) is 0 Å². The van der Waals surface area contributed by atoms with Crippen LogP contribution in [-0.2, 0) is 11.3 Å². The van der Waals surface area contributed by atoms with Crippen LogP contribution in [0.2, 0.25) is 4.34 Å². The zero-order valence-corrected chi connectivity index (χ0v) is 15.1. The minimum atomic E-state index is -0.266. The molecule has 0 aliphatic carbocycles. The number of amides is 1. The molecule has 2 heterocycles. The number of nitrogens with zero attached hydrogens (tertiary/aromatic N) is 2. The van der Waals surface area contributed by atoms with E-state index >= 15 is 0 Å². The van der Waals surface area contributed by atoms with E-state index in [2.05, 4.69) is 10.3 Å². The Balaban J connectivity index is 1.71. The molecule has 0 unspecified atom stereocenters. The van der Waals surface area contributed by atoms with Crippen molar-refractivity contribution in [3.8, 4) is 0 Å². The van der Waals surface area contributed by atoms with E-state index in [4.69, 9.17) is 11.6 Å². The summed E-state index contributed by atoms with van der Waals surface area (Å²) < 4.78 is 0.763. The summed E-state index contributed by atoms with van der Waals surface area (Å²) in [7, 11) is 1.93. The maximum absolute atomic E-state index is 12.6. The molecule has 0 bridgehead atoms. The zero-order chi connectivity index (χ0) is 17.1. The molecule has 1 amide bonds. The lowest BCUT2D eigenvalue weighted by molar-refractivity contribution is -0.120. The van der Waals surface area contributed by atoms with Crippen molar-refractivity contribution in [3.63, 3.8) is 0 Å². The molecule has 3 aromatic rings. The Labute approximate surface area is 150 Å². The quantitative estimate of drug-likeness (QED) is 0.734. The molecule has 0 aliphatic heterocycles. The highest BCUT2D eigenvalue weighted by Gasteiger charge is 2.19. The molecule has 6 heteroatoms. The summed E-state index contributed by atoms with van der Waals surface area (Å²) in [5.74, 6) is -0.0449. The van der Waals surface area contributed by atoms with Gasteiger partial charge in [-0.3, -0.25) is 14.7 Å². The van der Waals surface area contributed by atoms with Crippen molar-refractivity contribution in [2.24, 2.45) is 0 Å². The second-order valence-electron chi connectivity index (χ2n) is 5.66. The molecule has 24 heavy (non-hydrogen) atoms. The lowest BCUT2D eigenvalue weighted by Crippen LogP contribution is -2.39. The summed E-state index contributed by atoms with van der Waals surface area (Å²) in [6, 6.07) is 13.2. The molecule has 4 nitrogen and oxygen atoms in total. The smallest absolute Gasteiger partial charge is 0.241 e. The zero-order valence-electron chi connectivity index (χ0n) is 13.5. The molecular weight excluding hydrogens is 342 g/mol. The van der Waals surface area contributed by atoms with Crippen LogP contribution in [0.5, 0.6) is 0 Å². The number of thiophene rings is 1. The van der Waals surface area contributed by atoms with Crippen molar-refractivity contribution in [3.05, 3.63) is 57.9 Å². The number of carbonyl (C=O) groups is 1. The summed E-state index contributed by atoms with van der Waals surface area (Å²) in [6.07, 6.45) is 1.75. The van der Waals surface area contributed by atoms with E-state index in [0.717, 1.165) is 25.8 Å². The number of pyridine rings is 1. The van der Waals surface area contributed by atoms with Gasteiger partial charge in [-0.1, -0.05) is 17.7 Å². The standard InChI is InChI=1S/C18H18ClN3OS/c1-12(22(2)11-13-8-9-17(19)24-13)18(23)21-16-7-3-6-15-14(16)5-4-10-20-15/h3-10,12H,11H2,1-2H3,(H,21,23)/t12-/m0/s1. The summed E-state index contributed by atoms with van der Waals surface area (Å²) in [5.41, 5.74) is 1.65. The molecule has 0 saturated heterocycles. The van der Waals surface area contributed by atoms with Gasteiger partial charge in [-0.2, -0.15) is 0 Å². The SMILES string of the molecule is C[C@@H](C(=O)Nc1cccc2ncccc12)N(C)Cc1ccc(Cl)s1. The maximum Gasteiger partial charge on any atom is 0.241 e. The van der Waals surface area contributed by atoms with Crippen molar-refractivity contribution >= 4 is 45.4 Å². The molecule has 0 aliphatic rings. The van der Waals surface area contributed by atoms with Crippen LogP contribution in [0.4, 0.5) is 5.69 Å². The topological polar surface area (TPSA) is 45.2 Å². The molecule has 124 valence electrons. The highest BCUT2D eigenvalue weighted by molar-refractivity contribution is 7.16. The molecule has 0 spiro atoms. The summed E-state index contributed by atoms with van der Waals surface area (Å²) in [4.78, 5) is 20.0. The van der Waals surface area contributed by atoms with Gasteiger partial charge in [-0.25, -0.2) is 0 Å². The summed E-state index contributed by atoms with van der Waals surface area (Å²) in [5, 5.41) is 3.95. The number of aromatic nitrogens is 1. The number of hydrogen-bond acceptors (Lipinski definition) is 4. The average molecular weight is 360 g/mol. The van der Waals surface area contributed by atoms with Crippen LogP contribution in [0.25, 0.3) is 10.9 Å². The number of nitrogens with one attached hydrogen (secondary N) is 1. The maximum atomic E-state index is 12.6.